The molecule has 2 aromatic heterocycles. The fourth-order valence-corrected chi connectivity index (χ4v) is 3.78. The van der Waals surface area contributed by atoms with Gasteiger partial charge in [0.25, 0.3) is 5.22 Å². The number of nitrogens with one attached hydrogen (secondary N) is 1. The second-order valence-electron chi connectivity index (χ2n) is 8.85. The number of carbonyl (C=O) groups is 1. The number of benzene rings is 2. The van der Waals surface area contributed by atoms with E-state index < -0.39 is 0 Å². The third-order valence-electron chi connectivity index (χ3n) is 5.06. The molecule has 176 valence electrons. The third-order valence-corrected chi connectivity index (χ3v) is 5.88. The first-order valence-corrected chi connectivity index (χ1v) is 11.8. The van der Waals surface area contributed by atoms with Gasteiger partial charge in [-0.1, -0.05) is 44.7 Å². The maximum atomic E-state index is 12.8. The number of carbonyl (C=O) groups excluding carboxylic acids is 1. The monoisotopic (exact) mass is 477 g/mol. The first kappa shape index (κ1) is 23.6. The highest BCUT2D eigenvalue weighted by Crippen LogP contribution is 2.28. The van der Waals surface area contributed by atoms with E-state index in [1.54, 1.807) is 11.8 Å². The molecule has 0 bridgehead atoms. The second-order valence-corrected chi connectivity index (χ2v) is 9.78. The van der Waals surface area contributed by atoms with Crippen LogP contribution >= 0.6 is 11.8 Å². The molecule has 4 rings (SSSR count). The van der Waals surface area contributed by atoms with Crippen LogP contribution in [-0.4, -0.2) is 38.7 Å². The van der Waals surface area contributed by atoms with E-state index in [1.165, 1.54) is 11.8 Å². The van der Waals surface area contributed by atoms with Crippen molar-refractivity contribution in [2.75, 3.05) is 18.2 Å². The van der Waals surface area contributed by atoms with Crippen LogP contribution < -0.4 is 10.1 Å². The number of amides is 1. The summed E-state index contributed by atoms with van der Waals surface area (Å²) in [7, 11) is 1.61. The molecule has 0 radical (unpaired) electrons. The van der Waals surface area contributed by atoms with Gasteiger partial charge in [-0.2, -0.15) is 5.10 Å². The number of aryl methyl sites for hydroxylation is 1. The van der Waals surface area contributed by atoms with E-state index in [9.17, 15) is 4.79 Å². The molecular formula is C25H27N5O3S. The molecule has 0 aliphatic rings. The van der Waals surface area contributed by atoms with E-state index in [-0.39, 0.29) is 17.1 Å². The Hall–Kier alpha value is -3.59. The van der Waals surface area contributed by atoms with Crippen LogP contribution in [0.1, 0.15) is 32.0 Å². The van der Waals surface area contributed by atoms with E-state index in [1.807, 2.05) is 61.5 Å². The Morgan fingerprint density at radius 2 is 1.88 bits per heavy atom. The predicted molar refractivity (Wildman–Crippen MR) is 133 cm³/mol. The summed E-state index contributed by atoms with van der Waals surface area (Å²) in [5.41, 5.74) is 3.51. The van der Waals surface area contributed by atoms with Gasteiger partial charge in [0, 0.05) is 17.0 Å². The number of ether oxygens (including phenoxy) is 1. The lowest BCUT2D eigenvalue weighted by atomic mass is 9.92. The molecule has 2 heterocycles. The molecule has 4 aromatic rings. The lowest BCUT2D eigenvalue weighted by Crippen LogP contribution is -2.17. The SMILES string of the molecule is COc1ccc(-c2nnc(SCC(=O)Nc3cc(C(C)(C)C)nn3-c3cccc(C)c3)o2)cc1. The van der Waals surface area contributed by atoms with Crippen molar-refractivity contribution in [3.8, 4) is 22.9 Å². The van der Waals surface area contributed by atoms with Crippen LogP contribution in [0.2, 0.25) is 0 Å². The van der Waals surface area contributed by atoms with Crippen molar-refractivity contribution in [3.05, 3.63) is 65.9 Å². The van der Waals surface area contributed by atoms with Crippen molar-refractivity contribution < 1.29 is 13.9 Å². The van der Waals surface area contributed by atoms with Crippen LogP contribution in [-0.2, 0) is 10.2 Å². The molecule has 0 saturated carbocycles. The number of methoxy groups -OCH3 is 1. The van der Waals surface area contributed by atoms with Gasteiger partial charge in [0.2, 0.25) is 11.8 Å². The van der Waals surface area contributed by atoms with Gasteiger partial charge in [-0.15, -0.1) is 10.2 Å². The number of nitrogens with zero attached hydrogens (tertiary/aromatic N) is 4. The summed E-state index contributed by atoms with van der Waals surface area (Å²) in [6.45, 7) is 8.30. The fraction of sp³-hybridized carbons (Fsp3) is 0.280. The third kappa shape index (κ3) is 5.48. The Bertz CT molecular complexity index is 1290. The average molecular weight is 478 g/mol. The highest BCUT2D eigenvalue weighted by Gasteiger charge is 2.22. The molecule has 2 aromatic carbocycles. The Balaban J connectivity index is 1.46. The van der Waals surface area contributed by atoms with E-state index in [0.717, 1.165) is 28.3 Å². The molecule has 0 fully saturated rings. The zero-order chi connectivity index (χ0) is 24.3. The standard InChI is InChI=1S/C25H27N5O3S/c1-16-7-6-8-18(13-16)30-21(14-20(29-30)25(2,3)4)26-22(31)15-34-24-28-27-23(33-24)17-9-11-19(32-5)12-10-17/h6-14H,15H2,1-5H3,(H,26,31). The average Bonchev–Trinajstić information content (AvgIpc) is 3.45. The normalized spacial score (nSPS) is 11.4. The summed E-state index contributed by atoms with van der Waals surface area (Å²) in [6.07, 6.45) is 0. The summed E-state index contributed by atoms with van der Waals surface area (Å²) in [6, 6.07) is 17.2. The van der Waals surface area contributed by atoms with Crippen LogP contribution in [0.15, 0.2) is 64.2 Å². The largest absolute Gasteiger partial charge is 0.497 e. The Labute approximate surface area is 202 Å². The Morgan fingerprint density at radius 3 is 2.56 bits per heavy atom. The van der Waals surface area contributed by atoms with Gasteiger partial charge >= 0.3 is 0 Å². The molecule has 8 nitrogen and oxygen atoms in total. The molecular weight excluding hydrogens is 450 g/mol. The molecule has 0 unspecified atom stereocenters. The van der Waals surface area contributed by atoms with Crippen molar-refractivity contribution in [1.82, 2.24) is 20.0 Å². The lowest BCUT2D eigenvalue weighted by Gasteiger charge is -2.14. The van der Waals surface area contributed by atoms with Crippen LogP contribution in [0, 0.1) is 6.92 Å². The fourth-order valence-electron chi connectivity index (χ4n) is 3.22. The van der Waals surface area contributed by atoms with Gasteiger partial charge in [-0.25, -0.2) is 4.68 Å². The number of aromatic nitrogens is 4. The summed E-state index contributed by atoms with van der Waals surface area (Å²) in [5, 5.41) is 16.2. The molecule has 0 spiro atoms. The molecule has 0 aliphatic heterocycles. The second kappa shape index (κ2) is 9.72. The molecule has 0 atom stereocenters. The van der Waals surface area contributed by atoms with Crippen molar-refractivity contribution in [2.24, 2.45) is 0 Å². The molecule has 34 heavy (non-hydrogen) atoms. The maximum Gasteiger partial charge on any atom is 0.277 e. The van der Waals surface area contributed by atoms with E-state index in [0.29, 0.717) is 16.9 Å². The summed E-state index contributed by atoms with van der Waals surface area (Å²) in [4.78, 5) is 12.8. The highest BCUT2D eigenvalue weighted by atomic mass is 32.2. The van der Waals surface area contributed by atoms with E-state index in [4.69, 9.17) is 14.3 Å². The molecule has 9 heteroatoms. The van der Waals surface area contributed by atoms with Gasteiger partial charge in [-0.05, 0) is 48.9 Å². The molecule has 1 amide bonds. The highest BCUT2D eigenvalue weighted by molar-refractivity contribution is 7.99. The summed E-state index contributed by atoms with van der Waals surface area (Å²) in [5.74, 6) is 1.68. The molecule has 0 aliphatic carbocycles. The number of thioether (sulfide) groups is 1. The van der Waals surface area contributed by atoms with Gasteiger partial charge in [0.05, 0.1) is 24.2 Å². The van der Waals surface area contributed by atoms with Gasteiger partial charge < -0.3 is 14.5 Å². The molecule has 1 N–H and O–H groups in total. The van der Waals surface area contributed by atoms with Gasteiger partial charge in [-0.3, -0.25) is 4.79 Å². The predicted octanol–water partition coefficient (Wildman–Crippen LogP) is 5.27. The van der Waals surface area contributed by atoms with E-state index >= 15 is 0 Å². The smallest absolute Gasteiger partial charge is 0.277 e. The first-order valence-electron chi connectivity index (χ1n) is 10.8. The topological polar surface area (TPSA) is 95.1 Å². The Kier molecular flexibility index (Phi) is 6.74. The minimum atomic E-state index is -0.191. The first-order chi connectivity index (χ1) is 16.2. The van der Waals surface area contributed by atoms with E-state index in [2.05, 4.69) is 36.3 Å². The van der Waals surface area contributed by atoms with Crippen molar-refractivity contribution in [1.29, 1.82) is 0 Å². The van der Waals surface area contributed by atoms with Crippen molar-refractivity contribution in [3.63, 3.8) is 0 Å². The summed E-state index contributed by atoms with van der Waals surface area (Å²) < 4.78 is 12.6. The summed E-state index contributed by atoms with van der Waals surface area (Å²) >= 11 is 1.18. The van der Waals surface area contributed by atoms with Crippen LogP contribution in [0.3, 0.4) is 0 Å². The zero-order valence-electron chi connectivity index (χ0n) is 19.8. The van der Waals surface area contributed by atoms with Gasteiger partial charge in [0.15, 0.2) is 0 Å². The van der Waals surface area contributed by atoms with Crippen LogP contribution in [0.25, 0.3) is 17.1 Å². The minimum absolute atomic E-state index is 0.119. The van der Waals surface area contributed by atoms with Crippen LogP contribution in [0.5, 0.6) is 5.75 Å². The number of anilines is 1. The Morgan fingerprint density at radius 1 is 1.12 bits per heavy atom. The van der Waals surface area contributed by atoms with Crippen LogP contribution in [0.4, 0.5) is 5.82 Å². The number of hydrogen-bond donors (Lipinski definition) is 1. The van der Waals surface area contributed by atoms with Crippen molar-refractivity contribution in [2.45, 2.75) is 38.3 Å². The van der Waals surface area contributed by atoms with Gasteiger partial charge in [0.1, 0.15) is 11.6 Å². The zero-order valence-corrected chi connectivity index (χ0v) is 20.6. The number of rotatable bonds is 7. The maximum absolute atomic E-state index is 12.8. The molecule has 0 saturated heterocycles. The quantitative estimate of drug-likeness (QED) is 0.362. The van der Waals surface area contributed by atoms with Crippen molar-refractivity contribution >= 4 is 23.5 Å². The minimum Gasteiger partial charge on any atom is -0.497 e. The number of hydrogen-bond acceptors (Lipinski definition) is 7. The lowest BCUT2D eigenvalue weighted by molar-refractivity contribution is -0.113.